The maximum atomic E-state index is 8.71. The molecule has 0 saturated carbocycles. The van der Waals surface area contributed by atoms with Crippen LogP contribution in [0, 0.1) is 0 Å². The molecule has 6 nitrogen and oxygen atoms in total. The lowest BCUT2D eigenvalue weighted by atomic mass is 10.3. The van der Waals surface area contributed by atoms with E-state index in [2.05, 4.69) is 15.3 Å². The maximum absolute atomic E-state index is 8.71. The zero-order valence-corrected chi connectivity index (χ0v) is 9.24. The highest BCUT2D eigenvalue weighted by molar-refractivity contribution is 5.00. The van der Waals surface area contributed by atoms with Crippen LogP contribution in [0.15, 0.2) is 18.7 Å². The van der Waals surface area contributed by atoms with Gasteiger partial charge >= 0.3 is 0 Å². The van der Waals surface area contributed by atoms with Gasteiger partial charge in [-0.15, -0.1) is 5.10 Å². The van der Waals surface area contributed by atoms with Gasteiger partial charge in [0.05, 0.1) is 30.5 Å². The first-order valence-electron chi connectivity index (χ1n) is 5.24. The van der Waals surface area contributed by atoms with Crippen molar-refractivity contribution in [3.63, 3.8) is 0 Å². The zero-order valence-electron chi connectivity index (χ0n) is 9.24. The van der Waals surface area contributed by atoms with Gasteiger partial charge in [-0.05, 0) is 12.8 Å². The van der Waals surface area contributed by atoms with Crippen LogP contribution in [0.1, 0.15) is 17.8 Å². The van der Waals surface area contributed by atoms with E-state index in [1.165, 1.54) is 0 Å². The van der Waals surface area contributed by atoms with Crippen LogP contribution in [-0.4, -0.2) is 36.3 Å². The topological polar surface area (TPSA) is 68.8 Å². The summed E-state index contributed by atoms with van der Waals surface area (Å²) in [4.78, 5) is 4.04. The van der Waals surface area contributed by atoms with Crippen LogP contribution in [0.3, 0.4) is 0 Å². The third-order valence-electron chi connectivity index (χ3n) is 2.42. The van der Waals surface area contributed by atoms with Crippen LogP contribution in [0.5, 0.6) is 0 Å². The summed E-state index contributed by atoms with van der Waals surface area (Å²) in [6, 6.07) is 0. The molecule has 0 amide bonds. The number of hydrogen-bond donors (Lipinski definition) is 1. The van der Waals surface area contributed by atoms with E-state index in [1.807, 2.05) is 24.0 Å². The molecule has 1 N–H and O–H groups in total. The molecule has 16 heavy (non-hydrogen) atoms. The second-order valence-electron chi connectivity index (χ2n) is 3.73. The summed E-state index contributed by atoms with van der Waals surface area (Å²) in [5, 5.41) is 16.8. The fourth-order valence-corrected chi connectivity index (χ4v) is 1.49. The number of aliphatic hydroxyl groups excluding tert-OH is 1. The first-order chi connectivity index (χ1) is 7.79. The summed E-state index contributed by atoms with van der Waals surface area (Å²) in [6.45, 7) is 0.858. The molecule has 0 spiro atoms. The maximum Gasteiger partial charge on any atom is 0.0946 e. The van der Waals surface area contributed by atoms with Gasteiger partial charge in [0.25, 0.3) is 0 Å². The highest BCUT2D eigenvalue weighted by atomic mass is 16.2. The average Bonchev–Trinajstić information content (AvgIpc) is 2.87. The standard InChI is InChI=1S/C10H15N5O/c1-14-8-11-5-10(14)7-15-6-9(12-13-15)3-2-4-16/h5-6,8,16H,2-4,7H2,1H3. The molecule has 0 bridgehead atoms. The molecular weight excluding hydrogens is 206 g/mol. The van der Waals surface area contributed by atoms with Gasteiger partial charge in [-0.2, -0.15) is 0 Å². The van der Waals surface area contributed by atoms with Gasteiger partial charge in [0.2, 0.25) is 0 Å². The van der Waals surface area contributed by atoms with Crippen LogP contribution < -0.4 is 0 Å². The van der Waals surface area contributed by atoms with Crippen molar-refractivity contribution < 1.29 is 5.11 Å². The molecule has 0 aliphatic rings. The molecule has 86 valence electrons. The number of aliphatic hydroxyl groups is 1. The van der Waals surface area contributed by atoms with Crippen molar-refractivity contribution in [2.75, 3.05) is 6.61 Å². The highest BCUT2D eigenvalue weighted by Crippen LogP contribution is 2.02. The number of nitrogens with zero attached hydrogens (tertiary/aromatic N) is 5. The van der Waals surface area contributed by atoms with E-state index in [1.54, 1.807) is 11.0 Å². The molecule has 2 rings (SSSR count). The molecule has 0 aromatic carbocycles. The zero-order chi connectivity index (χ0) is 11.4. The minimum absolute atomic E-state index is 0.189. The molecule has 2 aromatic heterocycles. The minimum atomic E-state index is 0.189. The predicted molar refractivity (Wildman–Crippen MR) is 57.7 cm³/mol. The largest absolute Gasteiger partial charge is 0.396 e. The fraction of sp³-hybridized carbons (Fsp3) is 0.500. The van der Waals surface area contributed by atoms with Crippen molar-refractivity contribution in [2.45, 2.75) is 19.4 Å². The van der Waals surface area contributed by atoms with Crippen molar-refractivity contribution in [2.24, 2.45) is 7.05 Å². The van der Waals surface area contributed by atoms with E-state index < -0.39 is 0 Å². The van der Waals surface area contributed by atoms with Crippen molar-refractivity contribution in [1.29, 1.82) is 0 Å². The Hall–Kier alpha value is -1.69. The van der Waals surface area contributed by atoms with E-state index in [4.69, 9.17) is 5.11 Å². The Morgan fingerprint density at radius 2 is 2.31 bits per heavy atom. The van der Waals surface area contributed by atoms with Crippen molar-refractivity contribution in [1.82, 2.24) is 24.5 Å². The van der Waals surface area contributed by atoms with E-state index in [0.717, 1.165) is 24.2 Å². The second-order valence-corrected chi connectivity index (χ2v) is 3.73. The molecule has 6 heteroatoms. The molecule has 0 aliphatic carbocycles. The number of hydrogen-bond acceptors (Lipinski definition) is 4. The Balaban J connectivity index is 2.00. The first kappa shape index (κ1) is 10.8. The molecule has 0 unspecified atom stereocenters. The Morgan fingerprint density at radius 3 is 3.00 bits per heavy atom. The smallest absolute Gasteiger partial charge is 0.0946 e. The number of rotatable bonds is 5. The number of imidazole rings is 1. The quantitative estimate of drug-likeness (QED) is 0.770. The molecule has 0 aliphatic heterocycles. The molecule has 2 heterocycles. The van der Waals surface area contributed by atoms with E-state index in [9.17, 15) is 0 Å². The van der Waals surface area contributed by atoms with Gasteiger partial charge in [0.1, 0.15) is 0 Å². The predicted octanol–water partition coefficient (Wildman–Crippen LogP) is -0.0152. The highest BCUT2D eigenvalue weighted by Gasteiger charge is 2.03. The van der Waals surface area contributed by atoms with Crippen molar-refractivity contribution in [3.8, 4) is 0 Å². The SMILES string of the molecule is Cn1cncc1Cn1cc(CCCO)nn1. The van der Waals surface area contributed by atoms with Gasteiger partial charge in [0.15, 0.2) is 0 Å². The Labute approximate surface area is 93.5 Å². The van der Waals surface area contributed by atoms with Crippen LogP contribution in [-0.2, 0) is 20.0 Å². The van der Waals surface area contributed by atoms with Gasteiger partial charge in [-0.25, -0.2) is 9.67 Å². The van der Waals surface area contributed by atoms with Gasteiger partial charge in [-0.1, -0.05) is 5.21 Å². The van der Waals surface area contributed by atoms with Crippen LogP contribution >= 0.6 is 0 Å². The van der Waals surface area contributed by atoms with E-state index in [0.29, 0.717) is 6.54 Å². The van der Waals surface area contributed by atoms with Crippen molar-refractivity contribution in [3.05, 3.63) is 30.1 Å². The monoisotopic (exact) mass is 221 g/mol. The van der Waals surface area contributed by atoms with Gasteiger partial charge < -0.3 is 9.67 Å². The molecule has 0 saturated heterocycles. The summed E-state index contributed by atoms with van der Waals surface area (Å²) < 4.78 is 3.73. The minimum Gasteiger partial charge on any atom is -0.396 e. The summed E-state index contributed by atoms with van der Waals surface area (Å²) in [7, 11) is 1.95. The van der Waals surface area contributed by atoms with Gasteiger partial charge in [-0.3, -0.25) is 0 Å². The summed E-state index contributed by atoms with van der Waals surface area (Å²) >= 11 is 0. The average molecular weight is 221 g/mol. The Kier molecular flexibility index (Phi) is 3.31. The first-order valence-corrected chi connectivity index (χ1v) is 5.24. The number of aryl methyl sites for hydroxylation is 2. The van der Waals surface area contributed by atoms with E-state index in [-0.39, 0.29) is 6.61 Å². The van der Waals surface area contributed by atoms with Crippen LogP contribution in [0.2, 0.25) is 0 Å². The lowest BCUT2D eigenvalue weighted by molar-refractivity contribution is 0.288. The van der Waals surface area contributed by atoms with Crippen molar-refractivity contribution >= 4 is 0 Å². The molecule has 0 fully saturated rings. The molecule has 0 radical (unpaired) electrons. The summed E-state index contributed by atoms with van der Waals surface area (Å²) in [6.07, 6.45) is 6.98. The lowest BCUT2D eigenvalue weighted by Crippen LogP contribution is -2.04. The number of aromatic nitrogens is 5. The lowest BCUT2D eigenvalue weighted by Gasteiger charge is -2.00. The molecule has 2 aromatic rings. The molecular formula is C10H15N5O. The Morgan fingerprint density at radius 1 is 1.44 bits per heavy atom. The normalized spacial score (nSPS) is 10.9. The second kappa shape index (κ2) is 4.89. The fourth-order valence-electron chi connectivity index (χ4n) is 1.49. The van der Waals surface area contributed by atoms with E-state index >= 15 is 0 Å². The van der Waals surface area contributed by atoms with Crippen LogP contribution in [0.25, 0.3) is 0 Å². The third-order valence-corrected chi connectivity index (χ3v) is 2.42. The summed E-state index contributed by atoms with van der Waals surface area (Å²) in [5.41, 5.74) is 2.00. The van der Waals surface area contributed by atoms with Crippen LogP contribution in [0.4, 0.5) is 0 Å². The third kappa shape index (κ3) is 2.46. The molecule has 0 atom stereocenters. The summed E-state index contributed by atoms with van der Waals surface area (Å²) in [5.74, 6) is 0. The van der Waals surface area contributed by atoms with Gasteiger partial charge in [0, 0.05) is 19.9 Å². The Bertz CT molecular complexity index is 448.